The van der Waals surface area contributed by atoms with Crippen LogP contribution in [0.25, 0.3) is 11.3 Å². The van der Waals surface area contributed by atoms with Crippen molar-refractivity contribution in [2.45, 2.75) is 33.7 Å². The van der Waals surface area contributed by atoms with Gasteiger partial charge in [-0.05, 0) is 64.1 Å². The molecule has 1 atom stereocenters. The molecule has 0 bridgehead atoms. The Bertz CT molecular complexity index is 1080. The molecule has 0 saturated carbocycles. The molecule has 0 fully saturated rings. The van der Waals surface area contributed by atoms with Gasteiger partial charge in [-0.25, -0.2) is 4.68 Å². The lowest BCUT2D eigenvalue weighted by Gasteiger charge is -2.16. The number of anilines is 2. The second kappa shape index (κ2) is 8.22. The second-order valence-electron chi connectivity index (χ2n) is 6.68. The van der Waals surface area contributed by atoms with Crippen LogP contribution in [-0.4, -0.2) is 22.3 Å². The smallest absolute Gasteiger partial charge is 0.290 e. The van der Waals surface area contributed by atoms with Crippen molar-refractivity contribution in [3.8, 4) is 17.0 Å². The molecule has 3 N–H and O–H groups in total. The number of benzene rings is 1. The highest BCUT2D eigenvalue weighted by Gasteiger charge is 2.21. The molecule has 1 unspecified atom stereocenters. The summed E-state index contributed by atoms with van der Waals surface area (Å²) in [6.45, 7) is 7.68. The number of nitrogens with zero attached hydrogens (tertiary/aromatic N) is 2. The lowest BCUT2D eigenvalue weighted by molar-refractivity contribution is -0.119. The van der Waals surface area contributed by atoms with Gasteiger partial charge in [0, 0.05) is 11.3 Å². The number of nitrogen functional groups attached to an aromatic ring is 1. The van der Waals surface area contributed by atoms with Gasteiger partial charge in [0.1, 0.15) is 29.0 Å². The summed E-state index contributed by atoms with van der Waals surface area (Å²) in [7, 11) is 0. The summed E-state index contributed by atoms with van der Waals surface area (Å²) in [6.07, 6.45) is 0. The van der Waals surface area contributed by atoms with Crippen LogP contribution in [-0.2, 0) is 4.79 Å². The van der Waals surface area contributed by atoms with Crippen molar-refractivity contribution in [3.63, 3.8) is 0 Å². The Labute approximate surface area is 168 Å². The van der Waals surface area contributed by atoms with E-state index in [4.69, 9.17) is 14.9 Å². The maximum absolute atomic E-state index is 12.7. The van der Waals surface area contributed by atoms with Crippen molar-refractivity contribution >= 4 is 17.3 Å². The Kier molecular flexibility index (Phi) is 5.72. The average molecular weight is 396 g/mol. The fraction of sp³-hybridized carbons (Fsp3) is 0.286. The van der Waals surface area contributed by atoms with Crippen molar-refractivity contribution in [1.29, 1.82) is 0 Å². The van der Waals surface area contributed by atoms with E-state index in [1.165, 1.54) is 6.07 Å². The molecule has 0 radical (unpaired) electrons. The first-order chi connectivity index (χ1) is 13.8. The molecular formula is C21H24N4O4. The first kappa shape index (κ1) is 20.2. The molecule has 0 spiro atoms. The molecule has 8 nitrogen and oxygen atoms in total. The number of carbonyl (C=O) groups is 1. The number of nitrogens with two attached hydrogens (primary N) is 1. The molecule has 0 saturated heterocycles. The summed E-state index contributed by atoms with van der Waals surface area (Å²) in [5.74, 6) is 1.70. The van der Waals surface area contributed by atoms with E-state index in [2.05, 4.69) is 10.4 Å². The van der Waals surface area contributed by atoms with Gasteiger partial charge in [0.05, 0.1) is 12.3 Å². The number of hydrogen-bond acceptors (Lipinski definition) is 6. The summed E-state index contributed by atoms with van der Waals surface area (Å²) in [5.41, 5.74) is 7.16. The summed E-state index contributed by atoms with van der Waals surface area (Å²) < 4.78 is 12.0. The van der Waals surface area contributed by atoms with Crippen LogP contribution in [0.5, 0.6) is 5.75 Å². The predicted octanol–water partition coefficient (Wildman–Crippen LogP) is 3.30. The molecule has 1 aromatic carbocycles. The number of ether oxygens (including phenoxy) is 1. The van der Waals surface area contributed by atoms with Crippen LogP contribution in [0.2, 0.25) is 0 Å². The Morgan fingerprint density at radius 2 is 1.97 bits per heavy atom. The molecule has 8 heteroatoms. The molecule has 2 heterocycles. The largest absolute Gasteiger partial charge is 0.494 e. The van der Waals surface area contributed by atoms with Gasteiger partial charge in [-0.15, -0.1) is 0 Å². The van der Waals surface area contributed by atoms with Crippen LogP contribution in [0.3, 0.4) is 0 Å². The van der Waals surface area contributed by atoms with Gasteiger partial charge in [-0.3, -0.25) is 9.59 Å². The Balaban J connectivity index is 1.87. The number of hydrogen-bond donors (Lipinski definition) is 2. The monoisotopic (exact) mass is 396 g/mol. The Morgan fingerprint density at radius 3 is 2.55 bits per heavy atom. The molecule has 29 heavy (non-hydrogen) atoms. The van der Waals surface area contributed by atoms with E-state index < -0.39 is 11.6 Å². The molecule has 2 aromatic heterocycles. The standard InChI is InChI=1S/C21H24N4O4/c1-5-28-16-8-6-15(7-9-16)23-20(26)13(3)25-21(27)18(22)11-19(24-25)17-10-12(2)29-14(17)4/h6-11,13H,5,22H2,1-4H3,(H,23,26). The first-order valence-electron chi connectivity index (χ1n) is 9.30. The summed E-state index contributed by atoms with van der Waals surface area (Å²) >= 11 is 0. The van der Waals surface area contributed by atoms with Crippen LogP contribution >= 0.6 is 0 Å². The molecule has 3 aromatic rings. The topological polar surface area (TPSA) is 112 Å². The summed E-state index contributed by atoms with van der Waals surface area (Å²) in [6, 6.07) is 9.42. The molecular weight excluding hydrogens is 372 g/mol. The zero-order chi connectivity index (χ0) is 21.1. The van der Waals surface area contributed by atoms with Gasteiger partial charge in [0.2, 0.25) is 5.91 Å². The van der Waals surface area contributed by atoms with E-state index >= 15 is 0 Å². The van der Waals surface area contributed by atoms with Crippen molar-refractivity contribution in [2.75, 3.05) is 17.7 Å². The number of rotatable bonds is 6. The molecule has 152 valence electrons. The maximum atomic E-state index is 12.7. The van der Waals surface area contributed by atoms with Gasteiger partial charge < -0.3 is 20.2 Å². The van der Waals surface area contributed by atoms with Gasteiger partial charge in [0.15, 0.2) is 0 Å². The van der Waals surface area contributed by atoms with Crippen LogP contribution < -0.4 is 21.3 Å². The highest BCUT2D eigenvalue weighted by molar-refractivity contribution is 5.93. The fourth-order valence-corrected chi connectivity index (χ4v) is 2.97. The van der Waals surface area contributed by atoms with Crippen LogP contribution in [0.1, 0.15) is 31.4 Å². The summed E-state index contributed by atoms with van der Waals surface area (Å²) in [5, 5.41) is 7.14. The van der Waals surface area contributed by atoms with Crippen molar-refractivity contribution in [2.24, 2.45) is 0 Å². The third-order valence-corrected chi connectivity index (χ3v) is 4.46. The lowest BCUT2D eigenvalue weighted by Crippen LogP contribution is -2.34. The highest BCUT2D eigenvalue weighted by Crippen LogP contribution is 2.25. The van der Waals surface area contributed by atoms with Crippen molar-refractivity contribution < 1.29 is 13.9 Å². The molecule has 1 amide bonds. The zero-order valence-corrected chi connectivity index (χ0v) is 16.9. The molecule has 0 aliphatic rings. The average Bonchev–Trinajstić information content (AvgIpc) is 3.03. The number of amides is 1. The minimum atomic E-state index is -0.871. The van der Waals surface area contributed by atoms with Crippen LogP contribution in [0.4, 0.5) is 11.4 Å². The van der Waals surface area contributed by atoms with E-state index in [1.807, 2.05) is 19.9 Å². The van der Waals surface area contributed by atoms with Crippen molar-refractivity contribution in [1.82, 2.24) is 9.78 Å². The predicted molar refractivity (Wildman–Crippen MR) is 111 cm³/mol. The number of nitrogens with one attached hydrogen (secondary N) is 1. The number of carbonyl (C=O) groups excluding carboxylic acids is 1. The van der Waals surface area contributed by atoms with Gasteiger partial charge >= 0.3 is 0 Å². The number of aryl methyl sites for hydroxylation is 2. The third-order valence-electron chi connectivity index (χ3n) is 4.46. The fourth-order valence-electron chi connectivity index (χ4n) is 2.97. The Hall–Kier alpha value is -3.55. The first-order valence-corrected chi connectivity index (χ1v) is 9.30. The molecule has 3 rings (SSSR count). The quantitative estimate of drug-likeness (QED) is 0.661. The van der Waals surface area contributed by atoms with Crippen LogP contribution in [0, 0.1) is 13.8 Å². The lowest BCUT2D eigenvalue weighted by atomic mass is 10.1. The Morgan fingerprint density at radius 1 is 1.28 bits per heavy atom. The van der Waals surface area contributed by atoms with Crippen molar-refractivity contribution in [3.05, 3.63) is 58.3 Å². The van der Waals surface area contributed by atoms with E-state index in [0.717, 1.165) is 16.0 Å². The van der Waals surface area contributed by atoms with Gasteiger partial charge in [-0.2, -0.15) is 5.10 Å². The maximum Gasteiger partial charge on any atom is 0.290 e. The second-order valence-corrected chi connectivity index (χ2v) is 6.68. The van der Waals surface area contributed by atoms with E-state index in [0.29, 0.717) is 29.5 Å². The normalized spacial score (nSPS) is 11.9. The SMILES string of the molecule is CCOc1ccc(NC(=O)C(C)n2nc(-c3cc(C)oc3C)cc(N)c2=O)cc1. The number of aromatic nitrogens is 2. The summed E-state index contributed by atoms with van der Waals surface area (Å²) in [4.78, 5) is 25.2. The zero-order valence-electron chi connectivity index (χ0n) is 16.9. The van der Waals surface area contributed by atoms with Gasteiger partial charge in [-0.1, -0.05) is 0 Å². The van der Waals surface area contributed by atoms with E-state index in [1.54, 1.807) is 38.1 Å². The minimum Gasteiger partial charge on any atom is -0.494 e. The highest BCUT2D eigenvalue weighted by atomic mass is 16.5. The molecule has 0 aliphatic carbocycles. The number of furan rings is 1. The minimum absolute atomic E-state index is 0.00831. The van der Waals surface area contributed by atoms with E-state index in [9.17, 15) is 9.59 Å². The van der Waals surface area contributed by atoms with Crippen LogP contribution in [0.15, 0.2) is 45.6 Å². The molecule has 0 aliphatic heterocycles. The third kappa shape index (κ3) is 4.31. The van der Waals surface area contributed by atoms with Gasteiger partial charge in [0.25, 0.3) is 5.56 Å². The van der Waals surface area contributed by atoms with E-state index in [-0.39, 0.29) is 11.6 Å².